The number of carboxylic acid groups (broad SMARTS) is 1. The lowest BCUT2D eigenvalue weighted by atomic mass is 10.5. The molecule has 94 valence electrons. The smallest absolute Gasteiger partial charge is 0.300 e. The van der Waals surface area contributed by atoms with E-state index < -0.39 is 5.97 Å². The Kier molecular flexibility index (Phi) is 21.0. The molecule has 0 heterocycles. The molecule has 0 unspecified atom stereocenters. The van der Waals surface area contributed by atoms with Crippen LogP contribution in [0.3, 0.4) is 0 Å². The highest BCUT2D eigenvalue weighted by atomic mass is 16.4. The Bertz CT molecular complexity index is 111. The molecule has 0 saturated heterocycles. The second-order valence-electron chi connectivity index (χ2n) is 3.23. The van der Waals surface area contributed by atoms with Gasteiger partial charge in [-0.1, -0.05) is 20.8 Å². The van der Waals surface area contributed by atoms with E-state index in [4.69, 9.17) is 15.0 Å². The van der Waals surface area contributed by atoms with Gasteiger partial charge in [0.2, 0.25) is 0 Å². The van der Waals surface area contributed by atoms with Crippen molar-refractivity contribution < 1.29 is 15.0 Å². The number of rotatable bonds is 3. The number of aliphatic carboxylic acids is 1. The van der Waals surface area contributed by atoms with Crippen molar-refractivity contribution in [2.24, 2.45) is 0 Å². The van der Waals surface area contributed by atoms with Crippen LogP contribution < -0.4 is 0 Å². The molecule has 0 rings (SSSR count). The number of hydrogen-bond acceptors (Lipinski definition) is 3. The third kappa shape index (κ3) is 59.8. The molecule has 2 N–H and O–H groups in total. The topological polar surface area (TPSA) is 60.8 Å². The summed E-state index contributed by atoms with van der Waals surface area (Å²) in [7, 11) is 0. The number of carbonyl (C=O) groups is 1. The zero-order valence-corrected chi connectivity index (χ0v) is 10.9. The number of nitrogens with zero attached hydrogens (tertiary/aromatic N) is 1. The lowest BCUT2D eigenvalue weighted by Crippen LogP contribution is -2.21. The third-order valence-corrected chi connectivity index (χ3v) is 1.34. The summed E-state index contributed by atoms with van der Waals surface area (Å²) in [5, 5.41) is 15.5. The van der Waals surface area contributed by atoms with E-state index in [0.29, 0.717) is 0 Å². The van der Waals surface area contributed by atoms with Crippen LogP contribution in [0.5, 0.6) is 0 Å². The average molecular weight is 221 g/mol. The van der Waals surface area contributed by atoms with Crippen LogP contribution in [0, 0.1) is 0 Å². The van der Waals surface area contributed by atoms with Gasteiger partial charge < -0.3 is 15.1 Å². The van der Waals surface area contributed by atoms with Crippen molar-refractivity contribution in [3.05, 3.63) is 0 Å². The predicted octanol–water partition coefficient (Wildman–Crippen LogP) is 1.83. The Morgan fingerprint density at radius 2 is 1.27 bits per heavy atom. The van der Waals surface area contributed by atoms with E-state index in [1.54, 1.807) is 13.8 Å². The standard InChI is InChI=1S/C6H15N.C3H8O.C2H4O2/c1-4-7(5-2)6-3;1-3(2)4;1-2(3)4/h4-6H2,1-3H3;3-4H,1-2H3;1H3,(H,3,4). The summed E-state index contributed by atoms with van der Waals surface area (Å²) >= 11 is 0. The van der Waals surface area contributed by atoms with Crippen molar-refractivity contribution in [1.82, 2.24) is 4.90 Å². The van der Waals surface area contributed by atoms with Gasteiger partial charge >= 0.3 is 0 Å². The molecule has 0 amide bonds. The second-order valence-corrected chi connectivity index (χ2v) is 3.23. The van der Waals surface area contributed by atoms with Crippen molar-refractivity contribution in [1.29, 1.82) is 0 Å². The van der Waals surface area contributed by atoms with Crippen LogP contribution in [0.1, 0.15) is 41.5 Å². The van der Waals surface area contributed by atoms with Crippen molar-refractivity contribution in [2.45, 2.75) is 47.6 Å². The molecule has 0 fully saturated rings. The Balaban J connectivity index is -0.000000155. The van der Waals surface area contributed by atoms with Crippen LogP contribution in [0.25, 0.3) is 0 Å². The van der Waals surface area contributed by atoms with Crippen molar-refractivity contribution >= 4 is 5.97 Å². The van der Waals surface area contributed by atoms with Gasteiger partial charge in [0, 0.05) is 13.0 Å². The largest absolute Gasteiger partial charge is 0.481 e. The Morgan fingerprint density at radius 3 is 1.27 bits per heavy atom. The molecule has 0 atom stereocenters. The van der Waals surface area contributed by atoms with Gasteiger partial charge in [-0.05, 0) is 33.5 Å². The molecule has 4 nitrogen and oxygen atoms in total. The summed E-state index contributed by atoms with van der Waals surface area (Å²) in [6.07, 6.45) is -0.167. The molecule has 0 saturated carbocycles. The first-order valence-electron chi connectivity index (χ1n) is 5.41. The Hall–Kier alpha value is -0.610. The Labute approximate surface area is 93.9 Å². The zero-order chi connectivity index (χ0) is 12.9. The molecule has 4 heteroatoms. The van der Waals surface area contributed by atoms with Crippen molar-refractivity contribution in [2.75, 3.05) is 19.6 Å². The van der Waals surface area contributed by atoms with Gasteiger partial charge in [-0.3, -0.25) is 4.79 Å². The summed E-state index contributed by atoms with van der Waals surface area (Å²) < 4.78 is 0. The summed E-state index contributed by atoms with van der Waals surface area (Å²) in [6, 6.07) is 0. The fourth-order valence-corrected chi connectivity index (χ4v) is 0.671. The molecule has 0 spiro atoms. The second kappa shape index (κ2) is 15.8. The molecule has 0 aliphatic carbocycles. The highest BCUT2D eigenvalue weighted by molar-refractivity contribution is 5.62. The van der Waals surface area contributed by atoms with Crippen LogP contribution in [0.2, 0.25) is 0 Å². The fourth-order valence-electron chi connectivity index (χ4n) is 0.671. The summed E-state index contributed by atoms with van der Waals surface area (Å²) in [6.45, 7) is 14.7. The van der Waals surface area contributed by atoms with Gasteiger partial charge in [-0.15, -0.1) is 0 Å². The minimum atomic E-state index is -0.833. The summed E-state index contributed by atoms with van der Waals surface area (Å²) in [4.78, 5) is 11.4. The fraction of sp³-hybridized carbons (Fsp3) is 0.909. The van der Waals surface area contributed by atoms with E-state index in [9.17, 15) is 0 Å². The first-order chi connectivity index (χ1) is 6.81. The molecule has 0 bridgehead atoms. The number of aliphatic hydroxyl groups is 1. The van der Waals surface area contributed by atoms with Gasteiger partial charge in [0.25, 0.3) is 5.97 Å². The van der Waals surface area contributed by atoms with E-state index in [0.717, 1.165) is 6.92 Å². The minimum absolute atomic E-state index is 0.167. The zero-order valence-electron chi connectivity index (χ0n) is 10.9. The first-order valence-corrected chi connectivity index (χ1v) is 5.41. The third-order valence-electron chi connectivity index (χ3n) is 1.34. The first kappa shape index (κ1) is 19.9. The molecular formula is C11H27NO3. The lowest BCUT2D eigenvalue weighted by molar-refractivity contribution is -0.134. The summed E-state index contributed by atoms with van der Waals surface area (Å²) in [5.74, 6) is -0.833. The molecule has 0 aromatic carbocycles. The van der Waals surface area contributed by atoms with Crippen molar-refractivity contribution in [3.8, 4) is 0 Å². The number of aliphatic hydroxyl groups excluding tert-OH is 1. The maximum atomic E-state index is 9.00. The summed E-state index contributed by atoms with van der Waals surface area (Å²) in [5.41, 5.74) is 0. The van der Waals surface area contributed by atoms with E-state index >= 15 is 0 Å². The molecule has 0 aromatic heterocycles. The lowest BCUT2D eigenvalue weighted by Gasteiger charge is -2.13. The number of hydrogen-bond donors (Lipinski definition) is 2. The predicted molar refractivity (Wildman–Crippen MR) is 64.1 cm³/mol. The Morgan fingerprint density at radius 1 is 1.13 bits per heavy atom. The van der Waals surface area contributed by atoms with E-state index in [1.807, 2.05) is 0 Å². The maximum absolute atomic E-state index is 9.00. The highest BCUT2D eigenvalue weighted by Crippen LogP contribution is 1.81. The maximum Gasteiger partial charge on any atom is 0.300 e. The van der Waals surface area contributed by atoms with Crippen LogP contribution in [0.15, 0.2) is 0 Å². The van der Waals surface area contributed by atoms with Crippen molar-refractivity contribution in [3.63, 3.8) is 0 Å². The van der Waals surface area contributed by atoms with Gasteiger partial charge in [0.15, 0.2) is 0 Å². The molecule has 0 aromatic rings. The van der Waals surface area contributed by atoms with Crippen LogP contribution >= 0.6 is 0 Å². The highest BCUT2D eigenvalue weighted by Gasteiger charge is 1.89. The molecule has 0 radical (unpaired) electrons. The van der Waals surface area contributed by atoms with Crippen LogP contribution in [0.4, 0.5) is 0 Å². The number of carboxylic acids is 1. The molecule has 0 aliphatic heterocycles. The van der Waals surface area contributed by atoms with E-state index in [1.165, 1.54) is 19.6 Å². The normalized spacial score (nSPS) is 8.87. The quantitative estimate of drug-likeness (QED) is 0.763. The molecular weight excluding hydrogens is 194 g/mol. The average Bonchev–Trinajstić information content (AvgIpc) is 2.05. The molecule has 15 heavy (non-hydrogen) atoms. The van der Waals surface area contributed by atoms with Crippen LogP contribution in [-0.4, -0.2) is 46.8 Å². The molecule has 0 aliphatic rings. The van der Waals surface area contributed by atoms with E-state index in [2.05, 4.69) is 25.7 Å². The van der Waals surface area contributed by atoms with Gasteiger partial charge in [0.05, 0.1) is 0 Å². The van der Waals surface area contributed by atoms with Gasteiger partial charge in [-0.25, -0.2) is 0 Å². The van der Waals surface area contributed by atoms with E-state index in [-0.39, 0.29) is 6.10 Å². The van der Waals surface area contributed by atoms with Gasteiger partial charge in [0.1, 0.15) is 0 Å². The minimum Gasteiger partial charge on any atom is -0.481 e. The SMILES string of the molecule is CC(=O)O.CC(C)O.CCN(CC)CC. The van der Waals surface area contributed by atoms with Gasteiger partial charge in [-0.2, -0.15) is 0 Å². The monoisotopic (exact) mass is 221 g/mol. The van der Waals surface area contributed by atoms with Crippen LogP contribution in [-0.2, 0) is 4.79 Å².